The minimum absolute atomic E-state index is 0.129. The highest BCUT2D eigenvalue weighted by atomic mass is 16.5. The third kappa shape index (κ3) is 4.04. The summed E-state index contributed by atoms with van der Waals surface area (Å²) in [6.07, 6.45) is 4.18. The summed E-state index contributed by atoms with van der Waals surface area (Å²) in [5, 5.41) is 13.9. The van der Waals surface area contributed by atoms with Crippen LogP contribution in [0.3, 0.4) is 0 Å². The van der Waals surface area contributed by atoms with Crippen molar-refractivity contribution in [2.75, 3.05) is 18.8 Å². The molecular weight excluding hydrogens is 362 g/mol. The molecule has 2 heterocycles. The van der Waals surface area contributed by atoms with Crippen molar-refractivity contribution in [3.63, 3.8) is 0 Å². The van der Waals surface area contributed by atoms with Gasteiger partial charge in [-0.15, -0.1) is 0 Å². The van der Waals surface area contributed by atoms with E-state index in [1.54, 1.807) is 4.90 Å². The van der Waals surface area contributed by atoms with E-state index in [1.165, 1.54) is 11.1 Å². The zero-order valence-corrected chi connectivity index (χ0v) is 16.8. The van der Waals surface area contributed by atoms with Crippen LogP contribution in [-0.2, 0) is 0 Å². The standard InChI is InChI=1S/C23H25N5O/c1-16-5-8-21(12-17(16)2)29-20-9-6-18(7-10-20)22-13-23(25)28(26-22)19-4-3-11-27(14-19)15-24/h5-10,12-13,19H,3-4,11,14,25H2,1-2H3. The van der Waals surface area contributed by atoms with E-state index in [9.17, 15) is 5.26 Å². The van der Waals surface area contributed by atoms with Crippen molar-refractivity contribution < 1.29 is 4.74 Å². The summed E-state index contributed by atoms with van der Waals surface area (Å²) in [5.41, 5.74) is 10.5. The molecule has 0 spiro atoms. The van der Waals surface area contributed by atoms with Gasteiger partial charge in [-0.1, -0.05) is 6.07 Å². The van der Waals surface area contributed by atoms with Crippen LogP contribution in [-0.4, -0.2) is 27.8 Å². The third-order valence-corrected chi connectivity index (χ3v) is 5.51. The molecule has 0 saturated carbocycles. The zero-order chi connectivity index (χ0) is 20.4. The molecule has 1 aliphatic heterocycles. The van der Waals surface area contributed by atoms with E-state index in [2.05, 4.69) is 26.1 Å². The number of likely N-dealkylation sites (tertiary alicyclic amines) is 1. The van der Waals surface area contributed by atoms with Gasteiger partial charge in [-0.3, -0.25) is 0 Å². The summed E-state index contributed by atoms with van der Waals surface area (Å²) in [6, 6.07) is 16.0. The molecule has 0 radical (unpaired) electrons. The van der Waals surface area contributed by atoms with Crippen LogP contribution in [0.1, 0.15) is 30.0 Å². The fourth-order valence-electron chi connectivity index (χ4n) is 3.69. The molecule has 2 aromatic carbocycles. The molecule has 1 saturated heterocycles. The van der Waals surface area contributed by atoms with E-state index in [-0.39, 0.29) is 6.04 Å². The molecule has 29 heavy (non-hydrogen) atoms. The number of hydrogen-bond donors (Lipinski definition) is 1. The summed E-state index contributed by atoms with van der Waals surface area (Å²) in [7, 11) is 0. The highest BCUT2D eigenvalue weighted by Gasteiger charge is 2.23. The summed E-state index contributed by atoms with van der Waals surface area (Å²) < 4.78 is 7.83. The average Bonchev–Trinajstić information content (AvgIpc) is 3.13. The molecule has 1 aromatic heterocycles. The minimum Gasteiger partial charge on any atom is -0.457 e. The number of rotatable bonds is 4. The Bertz CT molecular complexity index is 1050. The first-order chi connectivity index (χ1) is 14.0. The molecule has 1 fully saturated rings. The average molecular weight is 387 g/mol. The summed E-state index contributed by atoms with van der Waals surface area (Å²) in [4.78, 5) is 1.77. The quantitative estimate of drug-likeness (QED) is 0.659. The molecule has 6 nitrogen and oxygen atoms in total. The fourth-order valence-corrected chi connectivity index (χ4v) is 3.69. The molecule has 0 aliphatic carbocycles. The number of nitrogens with zero attached hydrogens (tertiary/aromatic N) is 4. The van der Waals surface area contributed by atoms with Crippen LogP contribution in [0.4, 0.5) is 5.82 Å². The molecule has 6 heteroatoms. The minimum atomic E-state index is 0.129. The van der Waals surface area contributed by atoms with E-state index >= 15 is 0 Å². The number of aryl methyl sites for hydroxylation is 2. The van der Waals surface area contributed by atoms with Crippen LogP contribution in [0.2, 0.25) is 0 Å². The van der Waals surface area contributed by atoms with Gasteiger partial charge in [0.05, 0.1) is 18.3 Å². The van der Waals surface area contributed by atoms with E-state index < -0.39 is 0 Å². The van der Waals surface area contributed by atoms with Gasteiger partial charge in [-0.05, 0) is 74.2 Å². The Morgan fingerprint density at radius 3 is 2.55 bits per heavy atom. The van der Waals surface area contributed by atoms with Crippen molar-refractivity contribution in [2.45, 2.75) is 32.7 Å². The molecular formula is C23H25N5O. The molecule has 2 N–H and O–H groups in total. The van der Waals surface area contributed by atoms with Crippen molar-refractivity contribution in [2.24, 2.45) is 0 Å². The van der Waals surface area contributed by atoms with Gasteiger partial charge in [0.25, 0.3) is 0 Å². The van der Waals surface area contributed by atoms with Gasteiger partial charge in [0.2, 0.25) is 0 Å². The van der Waals surface area contributed by atoms with Crippen molar-refractivity contribution in [3.8, 4) is 28.9 Å². The van der Waals surface area contributed by atoms with Crippen LogP contribution >= 0.6 is 0 Å². The van der Waals surface area contributed by atoms with Crippen LogP contribution in [0.5, 0.6) is 11.5 Å². The Hall–Kier alpha value is -3.46. The molecule has 0 amide bonds. The van der Waals surface area contributed by atoms with Crippen LogP contribution < -0.4 is 10.5 Å². The van der Waals surface area contributed by atoms with Gasteiger partial charge in [-0.25, -0.2) is 4.68 Å². The smallest absolute Gasteiger partial charge is 0.179 e. The number of anilines is 1. The number of nitrogens with two attached hydrogens (primary N) is 1. The Balaban J connectivity index is 1.50. The molecule has 4 rings (SSSR count). The molecule has 148 valence electrons. The number of benzene rings is 2. The number of ether oxygens (including phenoxy) is 1. The van der Waals surface area contributed by atoms with E-state index in [4.69, 9.17) is 15.6 Å². The van der Waals surface area contributed by atoms with Crippen molar-refractivity contribution in [1.82, 2.24) is 14.7 Å². The number of aromatic nitrogens is 2. The van der Waals surface area contributed by atoms with Gasteiger partial charge in [-0.2, -0.15) is 10.4 Å². The molecule has 0 bridgehead atoms. The Kier molecular flexibility index (Phi) is 5.13. The van der Waals surface area contributed by atoms with Gasteiger partial charge in [0, 0.05) is 18.2 Å². The van der Waals surface area contributed by atoms with E-state index in [1.807, 2.05) is 47.1 Å². The van der Waals surface area contributed by atoms with Crippen molar-refractivity contribution in [3.05, 3.63) is 59.7 Å². The zero-order valence-electron chi connectivity index (χ0n) is 16.8. The largest absolute Gasteiger partial charge is 0.457 e. The SMILES string of the molecule is Cc1ccc(Oc2ccc(-c3cc(N)n(C4CCCN(C#N)C4)n3)cc2)cc1C. The maximum atomic E-state index is 9.17. The lowest BCUT2D eigenvalue weighted by molar-refractivity contribution is 0.235. The second kappa shape index (κ2) is 7.88. The van der Waals surface area contributed by atoms with Crippen LogP contribution in [0, 0.1) is 25.3 Å². The number of nitrogen functional groups attached to an aromatic ring is 1. The highest BCUT2D eigenvalue weighted by molar-refractivity contribution is 5.63. The second-order valence-electron chi connectivity index (χ2n) is 7.61. The first-order valence-corrected chi connectivity index (χ1v) is 9.89. The molecule has 1 aliphatic rings. The normalized spacial score (nSPS) is 16.4. The lowest BCUT2D eigenvalue weighted by atomic mass is 10.1. The lowest BCUT2D eigenvalue weighted by Gasteiger charge is -2.29. The van der Waals surface area contributed by atoms with Gasteiger partial charge in [0.15, 0.2) is 6.19 Å². The summed E-state index contributed by atoms with van der Waals surface area (Å²) in [5.74, 6) is 2.23. The first kappa shape index (κ1) is 18.9. The molecule has 1 atom stereocenters. The Morgan fingerprint density at radius 2 is 1.83 bits per heavy atom. The first-order valence-electron chi connectivity index (χ1n) is 9.89. The maximum absolute atomic E-state index is 9.17. The maximum Gasteiger partial charge on any atom is 0.179 e. The van der Waals surface area contributed by atoms with E-state index in [0.717, 1.165) is 42.1 Å². The third-order valence-electron chi connectivity index (χ3n) is 5.51. The summed E-state index contributed by atoms with van der Waals surface area (Å²) in [6.45, 7) is 5.63. The van der Waals surface area contributed by atoms with Crippen LogP contribution in [0.15, 0.2) is 48.5 Å². The summed E-state index contributed by atoms with van der Waals surface area (Å²) >= 11 is 0. The topological polar surface area (TPSA) is 80.1 Å². The number of hydrogen-bond acceptors (Lipinski definition) is 5. The number of piperidine rings is 1. The molecule has 3 aromatic rings. The fraction of sp³-hybridized carbons (Fsp3) is 0.304. The Morgan fingerprint density at radius 1 is 1.07 bits per heavy atom. The molecule has 1 unspecified atom stereocenters. The predicted molar refractivity (Wildman–Crippen MR) is 114 cm³/mol. The van der Waals surface area contributed by atoms with Crippen LogP contribution in [0.25, 0.3) is 11.3 Å². The van der Waals surface area contributed by atoms with E-state index in [0.29, 0.717) is 12.4 Å². The highest BCUT2D eigenvalue weighted by Crippen LogP contribution is 2.30. The monoisotopic (exact) mass is 387 g/mol. The van der Waals surface area contributed by atoms with Crippen molar-refractivity contribution >= 4 is 5.82 Å². The second-order valence-corrected chi connectivity index (χ2v) is 7.61. The Labute approximate surface area is 171 Å². The van der Waals surface area contributed by atoms with Gasteiger partial charge in [0.1, 0.15) is 17.3 Å². The number of nitriles is 1. The predicted octanol–water partition coefficient (Wildman–Crippen LogP) is 4.66. The van der Waals surface area contributed by atoms with Gasteiger partial charge >= 0.3 is 0 Å². The lowest BCUT2D eigenvalue weighted by Crippen LogP contribution is -2.34. The van der Waals surface area contributed by atoms with Crippen molar-refractivity contribution in [1.29, 1.82) is 5.26 Å². The van der Waals surface area contributed by atoms with Gasteiger partial charge < -0.3 is 15.4 Å².